The third-order valence-electron chi connectivity index (χ3n) is 4.85. The molecule has 9 heteroatoms. The summed E-state index contributed by atoms with van der Waals surface area (Å²) in [5.41, 5.74) is -0.218. The van der Waals surface area contributed by atoms with E-state index in [2.05, 4.69) is 5.32 Å². The molecule has 29 heavy (non-hydrogen) atoms. The van der Waals surface area contributed by atoms with Gasteiger partial charge >= 0.3 is 5.97 Å². The summed E-state index contributed by atoms with van der Waals surface area (Å²) in [5, 5.41) is 12.2. The van der Waals surface area contributed by atoms with Crippen LogP contribution in [0.15, 0.2) is 35.5 Å². The van der Waals surface area contributed by atoms with E-state index >= 15 is 0 Å². The topological polar surface area (TPSA) is 95.9 Å². The fourth-order valence-electron chi connectivity index (χ4n) is 3.38. The number of hydrogen-bond acceptors (Lipinski definition) is 5. The number of aliphatic carboxylic acids is 1. The molecule has 0 radical (unpaired) electrons. The summed E-state index contributed by atoms with van der Waals surface area (Å²) in [6.07, 6.45) is 1.64. The zero-order chi connectivity index (χ0) is 21.2. The maximum atomic E-state index is 13.1. The number of nitrogens with one attached hydrogen (secondary N) is 1. The largest absolute Gasteiger partial charge is 0.477 e. The Morgan fingerprint density at radius 1 is 1.38 bits per heavy atom. The van der Waals surface area contributed by atoms with E-state index in [4.69, 9.17) is 16.3 Å². The molecule has 3 rings (SSSR count). The first-order chi connectivity index (χ1) is 13.8. The highest BCUT2D eigenvalue weighted by atomic mass is 35.5. The average Bonchev–Trinajstić information content (AvgIpc) is 2.68. The van der Waals surface area contributed by atoms with Crippen molar-refractivity contribution in [1.82, 2.24) is 10.2 Å². The molecular formula is C20H23ClN2O5S. The molecule has 0 aromatic heterocycles. The Morgan fingerprint density at radius 3 is 2.69 bits per heavy atom. The zero-order valence-corrected chi connectivity index (χ0v) is 17.8. The number of unbranched alkanes of at least 4 members (excludes halogenated alkanes) is 1. The molecular weight excluding hydrogens is 416 g/mol. The van der Waals surface area contributed by atoms with E-state index in [1.165, 1.54) is 16.7 Å². The number of carbonyl (C=O) groups excluding carboxylic acids is 2. The van der Waals surface area contributed by atoms with Gasteiger partial charge in [-0.2, -0.15) is 0 Å². The number of hydrogen-bond donors (Lipinski definition) is 2. The standard InChI is InChI=1S/C20H23ClN2O5S/c1-3-4-9-28-20(22-15(24)10-13-5-7-14(21)8-6-13)18(27)23-16(17(25)26)12(2)11-29-19(20)23/h5-8,19H,3-4,9-11H2,1-2H3,(H,22,24)(H,25,26)/t19-,20?/m0/s1. The van der Waals surface area contributed by atoms with Crippen molar-refractivity contribution in [3.05, 3.63) is 46.1 Å². The minimum absolute atomic E-state index is 0.0274. The Hall–Kier alpha value is -2.03. The Labute approximate surface area is 178 Å². The first-order valence-electron chi connectivity index (χ1n) is 9.38. The summed E-state index contributed by atoms with van der Waals surface area (Å²) < 4.78 is 5.90. The summed E-state index contributed by atoms with van der Waals surface area (Å²) >= 11 is 7.27. The first kappa shape index (κ1) is 21.7. The van der Waals surface area contributed by atoms with E-state index in [-0.39, 0.29) is 18.0 Å². The molecule has 2 amide bonds. The predicted molar refractivity (Wildman–Crippen MR) is 110 cm³/mol. The first-order valence-corrected chi connectivity index (χ1v) is 10.8. The lowest BCUT2D eigenvalue weighted by molar-refractivity contribution is -0.198. The molecule has 0 spiro atoms. The maximum Gasteiger partial charge on any atom is 0.352 e. The van der Waals surface area contributed by atoms with Crippen LogP contribution in [-0.4, -0.2) is 51.2 Å². The Kier molecular flexibility index (Phi) is 6.55. The van der Waals surface area contributed by atoms with Gasteiger partial charge in [-0.15, -0.1) is 11.8 Å². The minimum Gasteiger partial charge on any atom is -0.477 e. The van der Waals surface area contributed by atoms with Crippen molar-refractivity contribution < 1.29 is 24.2 Å². The van der Waals surface area contributed by atoms with Gasteiger partial charge in [0.2, 0.25) is 5.91 Å². The molecule has 1 aromatic carbocycles. The molecule has 2 aliphatic heterocycles. The van der Waals surface area contributed by atoms with Crippen LogP contribution in [0.5, 0.6) is 0 Å². The summed E-state index contributed by atoms with van der Waals surface area (Å²) in [6, 6.07) is 6.87. The van der Waals surface area contributed by atoms with Gasteiger partial charge in [0, 0.05) is 10.8 Å². The second-order valence-corrected chi connectivity index (χ2v) is 8.57. The van der Waals surface area contributed by atoms with Crippen LogP contribution in [0.4, 0.5) is 0 Å². The summed E-state index contributed by atoms with van der Waals surface area (Å²) in [6.45, 7) is 3.98. The summed E-state index contributed by atoms with van der Waals surface area (Å²) in [7, 11) is 0. The number of amides is 2. The van der Waals surface area contributed by atoms with E-state index in [1.54, 1.807) is 31.2 Å². The van der Waals surface area contributed by atoms with Crippen LogP contribution >= 0.6 is 23.4 Å². The summed E-state index contributed by atoms with van der Waals surface area (Å²) in [5.74, 6) is -1.63. The summed E-state index contributed by atoms with van der Waals surface area (Å²) in [4.78, 5) is 38.7. The lowest BCUT2D eigenvalue weighted by Gasteiger charge is -2.56. The highest BCUT2D eigenvalue weighted by Gasteiger charge is 2.66. The number of carboxylic acids is 1. The zero-order valence-electron chi connectivity index (χ0n) is 16.2. The van der Waals surface area contributed by atoms with Crippen LogP contribution in [0.1, 0.15) is 32.3 Å². The minimum atomic E-state index is -1.55. The molecule has 1 aromatic rings. The van der Waals surface area contributed by atoms with Gasteiger partial charge in [-0.05, 0) is 36.6 Å². The molecule has 2 N–H and O–H groups in total. The molecule has 2 atom stereocenters. The van der Waals surface area contributed by atoms with Crippen LogP contribution in [0.25, 0.3) is 0 Å². The molecule has 0 saturated carbocycles. The van der Waals surface area contributed by atoms with Crippen molar-refractivity contribution in [2.75, 3.05) is 12.4 Å². The monoisotopic (exact) mass is 438 g/mol. The quantitative estimate of drug-likeness (QED) is 0.368. The second-order valence-electron chi connectivity index (χ2n) is 7.06. The molecule has 2 heterocycles. The number of fused-ring (bicyclic) bond motifs is 1. The fraction of sp³-hybridized carbons (Fsp3) is 0.450. The number of nitrogens with zero attached hydrogens (tertiary/aromatic N) is 1. The smallest absolute Gasteiger partial charge is 0.352 e. The third-order valence-corrected chi connectivity index (χ3v) is 6.57. The Balaban J connectivity index is 1.82. The van der Waals surface area contributed by atoms with E-state index in [9.17, 15) is 19.5 Å². The van der Waals surface area contributed by atoms with Gasteiger partial charge in [0.05, 0.1) is 13.0 Å². The van der Waals surface area contributed by atoms with Gasteiger partial charge in [0.15, 0.2) is 0 Å². The van der Waals surface area contributed by atoms with Gasteiger partial charge < -0.3 is 15.2 Å². The van der Waals surface area contributed by atoms with E-state index in [0.29, 0.717) is 23.0 Å². The normalized spacial score (nSPS) is 23.5. The van der Waals surface area contributed by atoms with Crippen LogP contribution < -0.4 is 5.32 Å². The fourth-order valence-corrected chi connectivity index (χ4v) is 4.86. The van der Waals surface area contributed by atoms with Gasteiger partial charge in [0.1, 0.15) is 11.1 Å². The molecule has 0 aliphatic carbocycles. The molecule has 156 valence electrons. The van der Waals surface area contributed by atoms with Gasteiger partial charge in [-0.25, -0.2) is 4.79 Å². The maximum absolute atomic E-state index is 13.1. The second kappa shape index (κ2) is 8.77. The highest BCUT2D eigenvalue weighted by molar-refractivity contribution is 8.00. The van der Waals surface area contributed by atoms with Crippen molar-refractivity contribution in [1.29, 1.82) is 0 Å². The number of thioether (sulfide) groups is 1. The van der Waals surface area contributed by atoms with E-state index in [1.807, 2.05) is 6.92 Å². The number of rotatable bonds is 8. The van der Waals surface area contributed by atoms with Crippen molar-refractivity contribution in [3.63, 3.8) is 0 Å². The molecule has 1 fully saturated rings. The highest BCUT2D eigenvalue weighted by Crippen LogP contribution is 2.46. The molecule has 2 aliphatic rings. The average molecular weight is 439 g/mol. The predicted octanol–water partition coefficient (Wildman–Crippen LogP) is 2.79. The SMILES string of the molecule is CCCCOC1(NC(=O)Cc2ccc(Cl)cc2)C(=O)N2C(C(=O)O)=C(C)CS[C@H]21. The van der Waals surface area contributed by atoms with Crippen molar-refractivity contribution in [3.8, 4) is 0 Å². The van der Waals surface area contributed by atoms with Gasteiger partial charge in [-0.3, -0.25) is 14.5 Å². The van der Waals surface area contributed by atoms with Crippen LogP contribution in [0, 0.1) is 0 Å². The lowest BCUT2D eigenvalue weighted by Crippen LogP contribution is -2.81. The van der Waals surface area contributed by atoms with Crippen LogP contribution in [0.3, 0.4) is 0 Å². The lowest BCUT2D eigenvalue weighted by atomic mass is 9.97. The number of β-lactam (4-membered cyclic amide) rings is 1. The van der Waals surface area contributed by atoms with Crippen LogP contribution in [0.2, 0.25) is 5.02 Å². The van der Waals surface area contributed by atoms with E-state index < -0.39 is 23.0 Å². The molecule has 1 saturated heterocycles. The number of ether oxygens (including phenoxy) is 1. The number of benzene rings is 1. The van der Waals surface area contributed by atoms with Crippen molar-refractivity contribution in [2.24, 2.45) is 0 Å². The molecule has 7 nitrogen and oxygen atoms in total. The number of carboxylic acid groups (broad SMARTS) is 1. The van der Waals surface area contributed by atoms with Gasteiger partial charge in [0.25, 0.3) is 11.6 Å². The van der Waals surface area contributed by atoms with Crippen LogP contribution in [-0.2, 0) is 25.5 Å². The number of carbonyl (C=O) groups is 3. The Morgan fingerprint density at radius 2 is 2.07 bits per heavy atom. The van der Waals surface area contributed by atoms with E-state index in [0.717, 1.165) is 18.4 Å². The number of halogens is 1. The Bertz CT molecular complexity index is 857. The molecule has 0 bridgehead atoms. The van der Waals surface area contributed by atoms with Gasteiger partial charge in [-0.1, -0.05) is 37.1 Å². The third kappa shape index (κ3) is 4.15. The van der Waals surface area contributed by atoms with Crippen molar-refractivity contribution >= 4 is 41.1 Å². The van der Waals surface area contributed by atoms with Crippen molar-refractivity contribution in [2.45, 2.75) is 44.2 Å². The molecule has 1 unspecified atom stereocenters.